The van der Waals surface area contributed by atoms with Crippen LogP contribution >= 0.6 is 0 Å². The molecule has 116 valence electrons. The minimum absolute atomic E-state index is 0.0917. The molecule has 2 aliphatic rings. The van der Waals surface area contributed by atoms with Gasteiger partial charge in [0.2, 0.25) is 0 Å². The number of rotatable bonds is 3. The predicted molar refractivity (Wildman–Crippen MR) is 84.8 cm³/mol. The highest BCUT2D eigenvalue weighted by Gasteiger charge is 2.62. The van der Waals surface area contributed by atoms with Crippen LogP contribution in [0.3, 0.4) is 0 Å². The molecule has 0 aromatic heterocycles. The van der Waals surface area contributed by atoms with Crippen molar-refractivity contribution < 1.29 is 4.79 Å². The molecule has 2 nitrogen and oxygen atoms in total. The van der Waals surface area contributed by atoms with Gasteiger partial charge in [-0.3, -0.25) is 9.69 Å². The zero-order valence-electron chi connectivity index (χ0n) is 14.5. The molecule has 0 amide bonds. The highest BCUT2D eigenvalue weighted by atomic mass is 16.1. The zero-order chi connectivity index (χ0) is 15.3. The summed E-state index contributed by atoms with van der Waals surface area (Å²) in [6.45, 7) is 16.4. The Labute approximate surface area is 125 Å². The summed E-state index contributed by atoms with van der Waals surface area (Å²) in [6, 6.07) is 0.136. The summed E-state index contributed by atoms with van der Waals surface area (Å²) in [5, 5.41) is 0. The zero-order valence-corrected chi connectivity index (χ0v) is 14.5. The van der Waals surface area contributed by atoms with E-state index in [9.17, 15) is 4.79 Å². The lowest BCUT2D eigenvalue weighted by molar-refractivity contribution is -0.132. The van der Waals surface area contributed by atoms with Crippen LogP contribution in [0.5, 0.6) is 0 Å². The first-order valence-electron chi connectivity index (χ1n) is 8.32. The summed E-state index contributed by atoms with van der Waals surface area (Å²) >= 11 is 0. The Morgan fingerprint density at radius 2 is 1.75 bits per heavy atom. The number of hydrogen-bond acceptors (Lipinski definition) is 2. The van der Waals surface area contributed by atoms with E-state index in [4.69, 9.17) is 0 Å². The number of nitrogens with zero attached hydrogens (tertiary/aromatic N) is 1. The van der Waals surface area contributed by atoms with Gasteiger partial charge in [-0.2, -0.15) is 0 Å². The van der Waals surface area contributed by atoms with Crippen molar-refractivity contribution in [3.8, 4) is 0 Å². The number of carbonyl (C=O) groups excluding carboxylic acids is 1. The Morgan fingerprint density at radius 3 is 2.20 bits per heavy atom. The quantitative estimate of drug-likeness (QED) is 0.768. The molecule has 1 aliphatic carbocycles. The summed E-state index contributed by atoms with van der Waals surface area (Å²) in [4.78, 5) is 15.4. The summed E-state index contributed by atoms with van der Waals surface area (Å²) in [7, 11) is 0. The number of Topliss-reactive ketones (excluding diaryl/α,β-unsaturated/α-hetero) is 1. The topological polar surface area (TPSA) is 20.3 Å². The lowest BCUT2D eigenvalue weighted by Gasteiger charge is -2.38. The van der Waals surface area contributed by atoms with E-state index in [-0.39, 0.29) is 17.0 Å². The number of ketones is 1. The van der Waals surface area contributed by atoms with Crippen molar-refractivity contribution in [2.45, 2.75) is 85.7 Å². The molecule has 0 N–H and O–H groups in total. The molecule has 2 rings (SSSR count). The van der Waals surface area contributed by atoms with Crippen LogP contribution in [-0.2, 0) is 4.79 Å². The van der Waals surface area contributed by atoms with Gasteiger partial charge in [0.25, 0.3) is 0 Å². The van der Waals surface area contributed by atoms with Crippen molar-refractivity contribution in [3.63, 3.8) is 0 Å². The standard InChI is InChI=1S/C18H33NO/c1-8-9-13-10-18(13)11-14(15(20)16(2,3)4)19(12-18)17(5,6)7/h13-14H,8-12H2,1-7H3/t13?,14-,18-/m0/s1. The van der Waals surface area contributed by atoms with E-state index in [1.54, 1.807) is 0 Å². The molecule has 3 atom stereocenters. The van der Waals surface area contributed by atoms with E-state index < -0.39 is 0 Å². The van der Waals surface area contributed by atoms with Gasteiger partial charge in [-0.1, -0.05) is 40.5 Å². The Balaban J connectivity index is 2.20. The fraction of sp³-hybridized carbons (Fsp3) is 0.944. The van der Waals surface area contributed by atoms with Crippen LogP contribution in [0.4, 0.5) is 0 Å². The second-order valence-corrected chi connectivity index (χ2v) is 9.18. The number of likely N-dealkylation sites (tertiary alicyclic amines) is 1. The Kier molecular flexibility index (Phi) is 3.86. The molecule has 1 unspecified atom stereocenters. The third kappa shape index (κ3) is 2.81. The number of carbonyl (C=O) groups is 1. The molecule has 0 bridgehead atoms. The van der Waals surface area contributed by atoms with Gasteiger partial charge in [-0.25, -0.2) is 0 Å². The van der Waals surface area contributed by atoms with Crippen LogP contribution in [0.25, 0.3) is 0 Å². The summed E-state index contributed by atoms with van der Waals surface area (Å²) < 4.78 is 0. The van der Waals surface area contributed by atoms with Gasteiger partial charge in [0, 0.05) is 17.5 Å². The molecule has 2 heteroatoms. The van der Waals surface area contributed by atoms with Crippen LogP contribution in [-0.4, -0.2) is 28.8 Å². The van der Waals surface area contributed by atoms with Crippen molar-refractivity contribution >= 4 is 5.78 Å². The van der Waals surface area contributed by atoms with Gasteiger partial charge in [0.15, 0.2) is 5.78 Å². The first kappa shape index (κ1) is 16.0. The third-order valence-electron chi connectivity index (χ3n) is 5.36. The largest absolute Gasteiger partial charge is 0.297 e. The Bertz CT molecular complexity index is 387. The molecule has 0 aromatic carbocycles. The van der Waals surface area contributed by atoms with Crippen molar-refractivity contribution in [1.82, 2.24) is 4.90 Å². The lowest BCUT2D eigenvalue weighted by Crippen LogP contribution is -2.50. The van der Waals surface area contributed by atoms with Crippen LogP contribution < -0.4 is 0 Å². The van der Waals surface area contributed by atoms with E-state index in [1.165, 1.54) is 19.3 Å². The molecule has 0 radical (unpaired) electrons. The summed E-state index contributed by atoms with van der Waals surface area (Å²) in [6.07, 6.45) is 5.07. The van der Waals surface area contributed by atoms with Crippen LogP contribution in [0, 0.1) is 16.7 Å². The minimum atomic E-state index is -0.227. The Morgan fingerprint density at radius 1 is 1.15 bits per heavy atom. The Hall–Kier alpha value is -0.370. The second-order valence-electron chi connectivity index (χ2n) is 9.18. The highest BCUT2D eigenvalue weighted by molar-refractivity contribution is 5.89. The van der Waals surface area contributed by atoms with Gasteiger partial charge >= 0.3 is 0 Å². The predicted octanol–water partition coefficient (Wildman–Crippen LogP) is 4.28. The van der Waals surface area contributed by atoms with E-state index >= 15 is 0 Å². The van der Waals surface area contributed by atoms with E-state index in [0.29, 0.717) is 11.2 Å². The molecular formula is C18H33NO. The van der Waals surface area contributed by atoms with Crippen LogP contribution in [0.15, 0.2) is 0 Å². The minimum Gasteiger partial charge on any atom is -0.297 e. The normalized spacial score (nSPS) is 34.8. The molecule has 1 aliphatic heterocycles. The second kappa shape index (κ2) is 4.83. The van der Waals surface area contributed by atoms with E-state index in [1.807, 2.05) is 0 Å². The third-order valence-corrected chi connectivity index (χ3v) is 5.36. The number of hydrogen-bond donors (Lipinski definition) is 0. The maximum atomic E-state index is 12.9. The van der Waals surface area contributed by atoms with Crippen LogP contribution in [0.1, 0.15) is 74.1 Å². The maximum Gasteiger partial charge on any atom is 0.155 e. The van der Waals surface area contributed by atoms with Crippen molar-refractivity contribution in [1.29, 1.82) is 0 Å². The molecule has 1 spiro atoms. The first-order valence-corrected chi connectivity index (χ1v) is 8.32. The van der Waals surface area contributed by atoms with E-state index in [0.717, 1.165) is 18.9 Å². The fourth-order valence-corrected chi connectivity index (χ4v) is 4.08. The molecule has 20 heavy (non-hydrogen) atoms. The molecule has 0 aromatic rings. The monoisotopic (exact) mass is 279 g/mol. The van der Waals surface area contributed by atoms with Crippen molar-refractivity contribution in [3.05, 3.63) is 0 Å². The van der Waals surface area contributed by atoms with Gasteiger partial charge in [0.1, 0.15) is 0 Å². The molecule has 1 saturated heterocycles. The average molecular weight is 279 g/mol. The highest BCUT2D eigenvalue weighted by Crippen LogP contribution is 2.63. The molecular weight excluding hydrogens is 246 g/mol. The fourth-order valence-electron chi connectivity index (χ4n) is 4.08. The molecule has 1 heterocycles. The van der Waals surface area contributed by atoms with Gasteiger partial charge in [-0.15, -0.1) is 0 Å². The average Bonchev–Trinajstić information content (AvgIpc) is 2.77. The smallest absolute Gasteiger partial charge is 0.155 e. The van der Waals surface area contributed by atoms with Gasteiger partial charge in [0.05, 0.1) is 6.04 Å². The van der Waals surface area contributed by atoms with E-state index in [2.05, 4.69) is 53.4 Å². The lowest BCUT2D eigenvalue weighted by atomic mass is 9.83. The first-order chi connectivity index (χ1) is 9.01. The van der Waals surface area contributed by atoms with Gasteiger partial charge < -0.3 is 0 Å². The summed E-state index contributed by atoms with van der Waals surface area (Å²) in [5.41, 5.74) is 0.331. The van der Waals surface area contributed by atoms with Gasteiger partial charge in [-0.05, 0) is 44.9 Å². The van der Waals surface area contributed by atoms with Crippen LogP contribution in [0.2, 0.25) is 0 Å². The van der Waals surface area contributed by atoms with Crippen molar-refractivity contribution in [2.24, 2.45) is 16.7 Å². The maximum absolute atomic E-state index is 12.9. The molecule has 2 fully saturated rings. The van der Waals surface area contributed by atoms with Crippen molar-refractivity contribution in [2.75, 3.05) is 6.54 Å². The molecule has 1 saturated carbocycles. The SMILES string of the molecule is CCCC1C[C@@]12C[C@@H](C(=O)C(C)(C)C)N(C(C)(C)C)C2. The summed E-state index contributed by atoms with van der Waals surface area (Å²) in [5.74, 6) is 1.31.